The van der Waals surface area contributed by atoms with Gasteiger partial charge in [-0.25, -0.2) is 4.79 Å². The number of aromatic nitrogens is 1. The average Bonchev–Trinajstić information content (AvgIpc) is 2.77. The van der Waals surface area contributed by atoms with Crippen LogP contribution in [-0.2, 0) is 9.53 Å². The van der Waals surface area contributed by atoms with Crippen LogP contribution < -0.4 is 0 Å². The molecule has 0 aliphatic carbocycles. The second-order valence-electron chi connectivity index (χ2n) is 3.94. The maximum atomic E-state index is 12.2. The van der Waals surface area contributed by atoms with Gasteiger partial charge in [0.1, 0.15) is 0 Å². The van der Waals surface area contributed by atoms with Crippen molar-refractivity contribution in [1.29, 1.82) is 0 Å². The summed E-state index contributed by atoms with van der Waals surface area (Å²) in [7, 11) is 1.11. The second-order valence-corrected chi connectivity index (χ2v) is 3.94. The van der Waals surface area contributed by atoms with Gasteiger partial charge in [0.25, 0.3) is 0 Å². The second kappa shape index (κ2) is 4.88. The van der Waals surface area contributed by atoms with Gasteiger partial charge >= 0.3 is 17.6 Å². The molecule has 0 spiro atoms. The molecule has 0 unspecified atom stereocenters. The Hall–Kier alpha value is -2.72. The summed E-state index contributed by atoms with van der Waals surface area (Å²) in [5.41, 5.74) is 9.64. The molecule has 0 N–H and O–H groups in total. The summed E-state index contributed by atoms with van der Waals surface area (Å²) in [6.07, 6.45) is 1.58. The molecule has 0 aliphatic heterocycles. The fourth-order valence-electron chi connectivity index (χ4n) is 1.90. The van der Waals surface area contributed by atoms with Crippen molar-refractivity contribution in [3.63, 3.8) is 0 Å². The van der Waals surface area contributed by atoms with Gasteiger partial charge in [0.15, 0.2) is 0 Å². The molecule has 6 heteroatoms. The number of aryl methyl sites for hydroxylation is 1. The average molecular weight is 257 g/mol. The van der Waals surface area contributed by atoms with Crippen LogP contribution in [-0.4, -0.2) is 34.1 Å². The fourth-order valence-corrected chi connectivity index (χ4v) is 1.90. The number of fused-ring (bicyclic) bond motifs is 1. The van der Waals surface area contributed by atoms with Crippen LogP contribution in [0.1, 0.15) is 10.4 Å². The fraction of sp³-hybridized carbons (Fsp3) is 0.154. The molecular weight excluding hydrogens is 246 g/mol. The molecule has 6 nitrogen and oxygen atoms in total. The number of hydrogen-bond acceptors (Lipinski definition) is 3. The first kappa shape index (κ1) is 12.7. The zero-order chi connectivity index (χ0) is 14.0. The standard InChI is InChI=1S/C13H11N3O3/c1-8-7-16(10-6-4-3-5-9(8)10)12(17)11(15-14)13(18)19-2/h3-7H,1-2H3. The molecular formula is C13H11N3O3. The number of nitrogens with zero attached hydrogens (tertiary/aromatic N) is 3. The lowest BCUT2D eigenvalue weighted by atomic mass is 10.2. The summed E-state index contributed by atoms with van der Waals surface area (Å²) in [5, 5.41) is 0.887. The van der Waals surface area contributed by atoms with Gasteiger partial charge in [-0.3, -0.25) is 9.36 Å². The van der Waals surface area contributed by atoms with E-state index in [-0.39, 0.29) is 0 Å². The highest BCUT2D eigenvalue weighted by molar-refractivity contribution is 6.62. The summed E-state index contributed by atoms with van der Waals surface area (Å²) in [6, 6.07) is 7.24. The van der Waals surface area contributed by atoms with Crippen LogP contribution in [0.3, 0.4) is 0 Å². The molecule has 1 heterocycles. The number of carbonyl (C=O) groups excluding carboxylic acids is 2. The van der Waals surface area contributed by atoms with Crippen molar-refractivity contribution in [3.05, 3.63) is 41.6 Å². The molecule has 0 saturated carbocycles. The number of benzene rings is 1. The highest BCUT2D eigenvalue weighted by Crippen LogP contribution is 2.20. The Morgan fingerprint density at radius 1 is 1.32 bits per heavy atom. The lowest BCUT2D eigenvalue weighted by Gasteiger charge is -1.99. The monoisotopic (exact) mass is 257 g/mol. The SMILES string of the molecule is COC(=O)C(=[N+]=[N-])C(=O)n1cc(C)c2ccccc21. The van der Waals surface area contributed by atoms with E-state index in [0.29, 0.717) is 5.52 Å². The summed E-state index contributed by atoms with van der Waals surface area (Å²) in [5.74, 6) is -1.72. The minimum Gasteiger partial charge on any atom is -0.460 e. The number of esters is 1. The van der Waals surface area contributed by atoms with Crippen LogP contribution in [0, 0.1) is 6.92 Å². The molecule has 0 amide bonds. The lowest BCUT2D eigenvalue weighted by molar-refractivity contribution is -0.137. The van der Waals surface area contributed by atoms with E-state index in [1.54, 1.807) is 18.3 Å². The van der Waals surface area contributed by atoms with E-state index in [2.05, 4.69) is 9.53 Å². The molecule has 0 saturated heterocycles. The van der Waals surface area contributed by atoms with Crippen LogP contribution in [0.4, 0.5) is 0 Å². The third-order valence-corrected chi connectivity index (χ3v) is 2.81. The first-order chi connectivity index (χ1) is 9.10. The zero-order valence-electron chi connectivity index (χ0n) is 10.5. The van der Waals surface area contributed by atoms with Gasteiger partial charge in [0.05, 0.1) is 12.6 Å². The van der Waals surface area contributed by atoms with E-state index in [1.807, 2.05) is 19.1 Å². The van der Waals surface area contributed by atoms with E-state index in [1.165, 1.54) is 4.57 Å². The normalized spacial score (nSPS) is 10.0. The third kappa shape index (κ3) is 2.05. The highest BCUT2D eigenvalue weighted by atomic mass is 16.5. The Morgan fingerprint density at radius 3 is 2.63 bits per heavy atom. The van der Waals surface area contributed by atoms with Gasteiger partial charge in [-0.05, 0) is 18.6 Å². The molecule has 2 aromatic rings. The quantitative estimate of drug-likeness (QED) is 0.268. The predicted octanol–water partition coefficient (Wildman–Crippen LogP) is 1.43. The molecule has 0 fully saturated rings. The Morgan fingerprint density at radius 2 is 2.00 bits per heavy atom. The van der Waals surface area contributed by atoms with Gasteiger partial charge in [0.2, 0.25) is 0 Å². The van der Waals surface area contributed by atoms with Crippen molar-refractivity contribution < 1.29 is 19.1 Å². The zero-order valence-corrected chi connectivity index (χ0v) is 10.5. The number of rotatable bonds is 2. The van der Waals surface area contributed by atoms with Crippen LogP contribution in [0.5, 0.6) is 0 Å². The topological polar surface area (TPSA) is 84.7 Å². The molecule has 0 atom stereocenters. The Balaban J connectivity index is 2.60. The third-order valence-electron chi connectivity index (χ3n) is 2.81. The van der Waals surface area contributed by atoms with Gasteiger partial charge < -0.3 is 10.3 Å². The first-order valence-electron chi connectivity index (χ1n) is 5.52. The summed E-state index contributed by atoms with van der Waals surface area (Å²) in [6.45, 7) is 1.85. The number of carbonyl (C=O) groups is 2. The summed E-state index contributed by atoms with van der Waals surface area (Å²) < 4.78 is 5.66. The van der Waals surface area contributed by atoms with E-state index < -0.39 is 17.6 Å². The van der Waals surface area contributed by atoms with Crippen molar-refractivity contribution in [2.75, 3.05) is 7.11 Å². The van der Waals surface area contributed by atoms with Gasteiger partial charge in [-0.1, -0.05) is 18.2 Å². The number of methoxy groups -OCH3 is 1. The van der Waals surface area contributed by atoms with Crippen LogP contribution in [0.2, 0.25) is 0 Å². The molecule has 1 aromatic carbocycles. The van der Waals surface area contributed by atoms with Gasteiger partial charge in [-0.2, -0.15) is 4.79 Å². The Kier molecular flexibility index (Phi) is 3.27. The predicted molar refractivity (Wildman–Crippen MR) is 67.9 cm³/mol. The molecule has 0 radical (unpaired) electrons. The maximum Gasteiger partial charge on any atom is 0.463 e. The minimum absolute atomic E-state index is 0.634. The van der Waals surface area contributed by atoms with Crippen molar-refractivity contribution >= 4 is 28.5 Å². The number of ether oxygens (including phenoxy) is 1. The van der Waals surface area contributed by atoms with E-state index in [0.717, 1.165) is 18.1 Å². The van der Waals surface area contributed by atoms with E-state index in [9.17, 15) is 9.59 Å². The van der Waals surface area contributed by atoms with Gasteiger partial charge in [-0.15, -0.1) is 0 Å². The molecule has 19 heavy (non-hydrogen) atoms. The molecule has 96 valence electrons. The largest absolute Gasteiger partial charge is 0.463 e. The number of para-hydroxylation sites is 1. The first-order valence-corrected chi connectivity index (χ1v) is 5.52. The van der Waals surface area contributed by atoms with Crippen molar-refractivity contribution in [3.8, 4) is 0 Å². The van der Waals surface area contributed by atoms with Gasteiger partial charge in [0, 0.05) is 11.6 Å². The highest BCUT2D eigenvalue weighted by Gasteiger charge is 2.32. The molecule has 2 rings (SSSR count). The maximum absolute atomic E-state index is 12.2. The van der Waals surface area contributed by atoms with Crippen LogP contribution >= 0.6 is 0 Å². The molecule has 0 aliphatic rings. The smallest absolute Gasteiger partial charge is 0.460 e. The molecule has 1 aromatic heterocycles. The lowest BCUT2D eigenvalue weighted by Crippen LogP contribution is -2.30. The van der Waals surface area contributed by atoms with Crippen LogP contribution in [0.25, 0.3) is 16.4 Å². The summed E-state index contributed by atoms with van der Waals surface area (Å²) >= 11 is 0. The van der Waals surface area contributed by atoms with Crippen molar-refractivity contribution in [1.82, 2.24) is 4.57 Å². The Labute approximate surface area is 108 Å². The van der Waals surface area contributed by atoms with Crippen LogP contribution in [0.15, 0.2) is 30.5 Å². The summed E-state index contributed by atoms with van der Waals surface area (Å²) in [4.78, 5) is 26.3. The van der Waals surface area contributed by atoms with E-state index >= 15 is 0 Å². The number of hydrogen-bond donors (Lipinski definition) is 0. The minimum atomic E-state index is -0.983. The molecule has 0 bridgehead atoms. The van der Waals surface area contributed by atoms with Crippen molar-refractivity contribution in [2.24, 2.45) is 0 Å². The van der Waals surface area contributed by atoms with E-state index in [4.69, 9.17) is 5.53 Å². The van der Waals surface area contributed by atoms with Crippen molar-refractivity contribution in [2.45, 2.75) is 6.92 Å². The Bertz CT molecular complexity index is 724.